The maximum Gasteiger partial charge on any atom is 0.228 e. The van der Waals surface area contributed by atoms with E-state index in [1.165, 1.54) is 0 Å². The Morgan fingerprint density at radius 2 is 2.06 bits per heavy atom. The fraction of sp³-hybridized carbons (Fsp3) is 0.583. The van der Waals surface area contributed by atoms with Gasteiger partial charge in [-0.1, -0.05) is 0 Å². The van der Waals surface area contributed by atoms with Crippen LogP contribution in [-0.4, -0.2) is 22.9 Å². The summed E-state index contributed by atoms with van der Waals surface area (Å²) < 4.78 is 1.08. The molecule has 0 spiro atoms. The molecule has 1 amide bonds. The van der Waals surface area contributed by atoms with Crippen molar-refractivity contribution in [1.82, 2.24) is 4.90 Å². The first kappa shape index (κ1) is 13.7. The van der Waals surface area contributed by atoms with Crippen LogP contribution < -0.4 is 0 Å². The lowest BCUT2D eigenvalue weighted by molar-refractivity contribution is -0.134. The van der Waals surface area contributed by atoms with E-state index < -0.39 is 0 Å². The minimum absolute atomic E-state index is 0.0969. The molecule has 0 atom stereocenters. The Hall–Kier alpha value is -0.350. The molecule has 2 nitrogen and oxygen atoms in total. The Morgan fingerprint density at radius 1 is 1.44 bits per heavy atom. The minimum Gasteiger partial charge on any atom is -0.338 e. The number of carbonyl (C=O) groups excluding carboxylic acids is 1. The van der Waals surface area contributed by atoms with Crippen LogP contribution in [0, 0.1) is 0 Å². The molecule has 0 radical (unpaired) electrons. The maximum atomic E-state index is 12.1. The molecule has 0 aliphatic carbocycles. The molecular formula is C12H18BrNOS. The molecule has 0 unspecified atom stereocenters. The zero-order valence-electron chi connectivity index (χ0n) is 10.2. The number of amides is 1. The Bertz CT molecular complexity index is 367. The molecule has 0 fully saturated rings. The van der Waals surface area contributed by atoms with Crippen LogP contribution in [0.5, 0.6) is 0 Å². The van der Waals surface area contributed by atoms with E-state index in [2.05, 4.69) is 36.7 Å². The van der Waals surface area contributed by atoms with Crippen molar-refractivity contribution in [3.05, 3.63) is 20.8 Å². The van der Waals surface area contributed by atoms with Gasteiger partial charge in [-0.2, -0.15) is 0 Å². The molecule has 0 aromatic carbocycles. The quantitative estimate of drug-likeness (QED) is 0.834. The third kappa shape index (κ3) is 3.59. The van der Waals surface area contributed by atoms with Crippen molar-refractivity contribution in [2.24, 2.45) is 0 Å². The highest BCUT2D eigenvalue weighted by molar-refractivity contribution is 9.11. The second kappa shape index (κ2) is 5.32. The van der Waals surface area contributed by atoms with Gasteiger partial charge in [-0.05, 0) is 55.8 Å². The maximum absolute atomic E-state index is 12.1. The van der Waals surface area contributed by atoms with Crippen molar-refractivity contribution in [3.8, 4) is 0 Å². The average Bonchev–Trinajstić information content (AvgIpc) is 2.49. The summed E-state index contributed by atoms with van der Waals surface area (Å²) in [4.78, 5) is 15.1. The molecule has 1 aromatic rings. The van der Waals surface area contributed by atoms with Gasteiger partial charge >= 0.3 is 0 Å². The lowest BCUT2D eigenvalue weighted by Crippen LogP contribution is -2.46. The van der Waals surface area contributed by atoms with E-state index in [0.717, 1.165) is 15.2 Å². The highest BCUT2D eigenvalue weighted by atomic mass is 79.9. The van der Waals surface area contributed by atoms with Crippen LogP contribution >= 0.6 is 27.3 Å². The van der Waals surface area contributed by atoms with Gasteiger partial charge in [0.15, 0.2) is 0 Å². The molecule has 0 bridgehead atoms. The van der Waals surface area contributed by atoms with E-state index in [0.29, 0.717) is 6.42 Å². The van der Waals surface area contributed by atoms with Gasteiger partial charge in [0.25, 0.3) is 0 Å². The molecular weight excluding hydrogens is 286 g/mol. The van der Waals surface area contributed by atoms with Gasteiger partial charge in [-0.15, -0.1) is 11.3 Å². The van der Waals surface area contributed by atoms with Crippen LogP contribution in [0.25, 0.3) is 0 Å². The number of likely N-dealkylation sites (N-methyl/N-ethyl adjacent to an activating group) is 1. The van der Waals surface area contributed by atoms with Crippen molar-refractivity contribution >= 4 is 33.2 Å². The normalized spacial score (nSPS) is 11.6. The van der Waals surface area contributed by atoms with E-state index in [1.807, 2.05) is 24.0 Å². The van der Waals surface area contributed by atoms with Crippen LogP contribution in [0.4, 0.5) is 0 Å². The summed E-state index contributed by atoms with van der Waals surface area (Å²) >= 11 is 5.03. The van der Waals surface area contributed by atoms with Crippen LogP contribution in [0.2, 0.25) is 0 Å². The molecule has 0 aliphatic heterocycles. The molecule has 16 heavy (non-hydrogen) atoms. The molecule has 0 aliphatic rings. The standard InChI is InChI=1S/C12H18BrNOS/c1-5-14(12(2,3)4)11(15)8-9-6-7-10(13)16-9/h6-7H,5,8H2,1-4H3. The first-order valence-electron chi connectivity index (χ1n) is 5.39. The largest absolute Gasteiger partial charge is 0.338 e. The van der Waals surface area contributed by atoms with Crippen molar-refractivity contribution in [2.45, 2.75) is 39.7 Å². The number of nitrogens with zero attached hydrogens (tertiary/aromatic N) is 1. The fourth-order valence-corrected chi connectivity index (χ4v) is 3.19. The van der Waals surface area contributed by atoms with Crippen LogP contribution in [0.15, 0.2) is 15.9 Å². The molecule has 1 aromatic heterocycles. The van der Waals surface area contributed by atoms with Gasteiger partial charge in [0.2, 0.25) is 5.91 Å². The number of carbonyl (C=O) groups is 1. The predicted molar refractivity (Wildman–Crippen MR) is 72.9 cm³/mol. The van der Waals surface area contributed by atoms with E-state index in [-0.39, 0.29) is 11.4 Å². The van der Waals surface area contributed by atoms with Crippen LogP contribution in [0.3, 0.4) is 0 Å². The lowest BCUT2D eigenvalue weighted by atomic mass is 10.1. The third-order valence-electron chi connectivity index (χ3n) is 2.38. The van der Waals surface area contributed by atoms with Gasteiger partial charge in [0.05, 0.1) is 10.2 Å². The molecule has 1 rings (SSSR count). The first-order valence-corrected chi connectivity index (χ1v) is 7.00. The van der Waals surface area contributed by atoms with Gasteiger partial charge in [0.1, 0.15) is 0 Å². The zero-order chi connectivity index (χ0) is 12.3. The zero-order valence-corrected chi connectivity index (χ0v) is 12.6. The van der Waals surface area contributed by atoms with E-state index in [1.54, 1.807) is 11.3 Å². The van der Waals surface area contributed by atoms with Gasteiger partial charge in [-0.3, -0.25) is 4.79 Å². The molecule has 4 heteroatoms. The molecule has 1 heterocycles. The molecule has 90 valence electrons. The van der Waals surface area contributed by atoms with Gasteiger partial charge < -0.3 is 4.90 Å². The minimum atomic E-state index is -0.0969. The highest BCUT2D eigenvalue weighted by Gasteiger charge is 2.24. The Labute approximate surface area is 110 Å². The summed E-state index contributed by atoms with van der Waals surface area (Å²) in [7, 11) is 0. The van der Waals surface area contributed by atoms with Crippen molar-refractivity contribution in [1.29, 1.82) is 0 Å². The van der Waals surface area contributed by atoms with Crippen molar-refractivity contribution < 1.29 is 4.79 Å². The number of hydrogen-bond acceptors (Lipinski definition) is 2. The first-order chi connectivity index (χ1) is 7.34. The summed E-state index contributed by atoms with van der Waals surface area (Å²) in [6, 6.07) is 3.99. The number of thiophene rings is 1. The van der Waals surface area contributed by atoms with Gasteiger partial charge in [0, 0.05) is 17.0 Å². The Kier molecular flexibility index (Phi) is 4.56. The summed E-state index contributed by atoms with van der Waals surface area (Å²) in [5.41, 5.74) is -0.0969. The predicted octanol–water partition coefficient (Wildman–Crippen LogP) is 3.70. The van der Waals surface area contributed by atoms with Crippen molar-refractivity contribution in [3.63, 3.8) is 0 Å². The van der Waals surface area contributed by atoms with Gasteiger partial charge in [-0.25, -0.2) is 0 Å². The Balaban J connectivity index is 2.71. The number of hydrogen-bond donors (Lipinski definition) is 0. The fourth-order valence-electron chi connectivity index (χ4n) is 1.72. The summed E-state index contributed by atoms with van der Waals surface area (Å²) in [6.45, 7) is 8.98. The van der Waals surface area contributed by atoms with Crippen molar-refractivity contribution in [2.75, 3.05) is 6.54 Å². The SMILES string of the molecule is CCN(C(=O)Cc1ccc(Br)s1)C(C)(C)C. The summed E-state index contributed by atoms with van der Waals surface area (Å²) in [5, 5.41) is 0. The van der Waals surface area contributed by atoms with E-state index in [4.69, 9.17) is 0 Å². The number of rotatable bonds is 3. The highest BCUT2D eigenvalue weighted by Crippen LogP contribution is 2.24. The second-order valence-electron chi connectivity index (χ2n) is 4.69. The van der Waals surface area contributed by atoms with Crippen LogP contribution in [0.1, 0.15) is 32.6 Å². The van der Waals surface area contributed by atoms with E-state index in [9.17, 15) is 4.79 Å². The van der Waals surface area contributed by atoms with Crippen LogP contribution in [-0.2, 0) is 11.2 Å². The molecule has 0 N–H and O–H groups in total. The number of halogens is 1. The van der Waals surface area contributed by atoms with E-state index >= 15 is 0 Å². The smallest absolute Gasteiger partial charge is 0.228 e. The summed E-state index contributed by atoms with van der Waals surface area (Å²) in [6.07, 6.45) is 0.501. The Morgan fingerprint density at radius 3 is 2.44 bits per heavy atom. The summed E-state index contributed by atoms with van der Waals surface area (Å²) in [5.74, 6) is 0.198. The molecule has 0 saturated heterocycles. The monoisotopic (exact) mass is 303 g/mol. The third-order valence-corrected chi connectivity index (χ3v) is 4.00. The molecule has 0 saturated carbocycles. The topological polar surface area (TPSA) is 20.3 Å². The second-order valence-corrected chi connectivity index (χ2v) is 7.24. The lowest BCUT2D eigenvalue weighted by Gasteiger charge is -2.34. The average molecular weight is 304 g/mol.